The fraction of sp³-hybridized carbons (Fsp3) is 0.333. The summed E-state index contributed by atoms with van der Waals surface area (Å²) in [6, 6.07) is 6.04. The molecule has 8 nitrogen and oxygen atoms in total. The minimum Gasteiger partial charge on any atom is -0.466 e. The molecule has 1 unspecified atom stereocenters. The van der Waals surface area contributed by atoms with Crippen molar-refractivity contribution in [1.29, 1.82) is 0 Å². The molecule has 1 amide bonds. The Labute approximate surface area is 151 Å². The SMILES string of the molecule is CCOC(=O)CC(NC(=O)Cn1c(C)ccc(N)c1=O)c1cccnc1. The van der Waals surface area contributed by atoms with Crippen molar-refractivity contribution in [2.24, 2.45) is 0 Å². The van der Waals surface area contributed by atoms with Crippen LogP contribution in [0.1, 0.15) is 30.6 Å². The summed E-state index contributed by atoms with van der Waals surface area (Å²) in [4.78, 5) is 40.5. The van der Waals surface area contributed by atoms with E-state index in [0.29, 0.717) is 11.3 Å². The highest BCUT2D eigenvalue weighted by Crippen LogP contribution is 2.16. The number of aromatic nitrogens is 2. The number of rotatable bonds is 7. The van der Waals surface area contributed by atoms with E-state index in [0.717, 1.165) is 0 Å². The number of nitrogen functional groups attached to an aromatic ring is 1. The van der Waals surface area contributed by atoms with Crippen molar-refractivity contribution in [1.82, 2.24) is 14.9 Å². The maximum absolute atomic E-state index is 12.5. The van der Waals surface area contributed by atoms with Gasteiger partial charge in [-0.15, -0.1) is 0 Å². The summed E-state index contributed by atoms with van der Waals surface area (Å²) in [5.41, 5.74) is 6.55. The van der Waals surface area contributed by atoms with E-state index in [1.807, 2.05) is 0 Å². The Kier molecular flexibility index (Phi) is 6.48. The minimum atomic E-state index is -0.604. The van der Waals surface area contributed by atoms with Crippen LogP contribution in [0, 0.1) is 6.92 Å². The molecule has 1 atom stereocenters. The molecule has 0 aromatic carbocycles. The summed E-state index contributed by atoms with van der Waals surface area (Å²) in [5.74, 6) is -0.849. The van der Waals surface area contributed by atoms with Crippen LogP contribution in [0.15, 0.2) is 41.5 Å². The van der Waals surface area contributed by atoms with E-state index in [2.05, 4.69) is 10.3 Å². The molecule has 3 N–H and O–H groups in total. The Morgan fingerprint density at radius 3 is 2.77 bits per heavy atom. The number of carbonyl (C=O) groups is 2. The molecular weight excluding hydrogens is 336 g/mol. The maximum Gasteiger partial charge on any atom is 0.308 e. The van der Waals surface area contributed by atoms with Gasteiger partial charge in [0.15, 0.2) is 0 Å². The first-order valence-electron chi connectivity index (χ1n) is 8.23. The van der Waals surface area contributed by atoms with Crippen LogP contribution in [0.4, 0.5) is 5.69 Å². The number of carbonyl (C=O) groups excluding carboxylic acids is 2. The van der Waals surface area contributed by atoms with Crippen molar-refractivity contribution in [3.8, 4) is 0 Å². The topological polar surface area (TPSA) is 116 Å². The second-order valence-corrected chi connectivity index (χ2v) is 5.74. The van der Waals surface area contributed by atoms with Gasteiger partial charge in [-0.25, -0.2) is 0 Å². The van der Waals surface area contributed by atoms with Crippen molar-refractivity contribution in [2.45, 2.75) is 32.9 Å². The molecule has 0 radical (unpaired) electrons. The molecule has 0 spiro atoms. The van der Waals surface area contributed by atoms with E-state index in [9.17, 15) is 14.4 Å². The molecule has 2 rings (SSSR count). The molecule has 0 saturated carbocycles. The van der Waals surface area contributed by atoms with E-state index < -0.39 is 23.5 Å². The molecule has 0 aliphatic rings. The molecule has 2 aromatic heterocycles. The van der Waals surface area contributed by atoms with E-state index in [1.165, 1.54) is 10.6 Å². The Hall–Kier alpha value is -3.16. The second kappa shape index (κ2) is 8.80. The Balaban J connectivity index is 2.17. The summed E-state index contributed by atoms with van der Waals surface area (Å²) in [5, 5.41) is 2.76. The van der Waals surface area contributed by atoms with Crippen molar-refractivity contribution < 1.29 is 14.3 Å². The van der Waals surface area contributed by atoms with Gasteiger partial charge in [-0.05, 0) is 37.6 Å². The lowest BCUT2D eigenvalue weighted by Gasteiger charge is -2.19. The molecule has 0 aliphatic carbocycles. The Morgan fingerprint density at radius 1 is 1.35 bits per heavy atom. The molecule has 8 heteroatoms. The van der Waals surface area contributed by atoms with E-state index in [4.69, 9.17) is 10.5 Å². The summed E-state index contributed by atoms with van der Waals surface area (Å²) in [6.45, 7) is 3.48. The number of esters is 1. The molecule has 2 aromatic rings. The number of hydrogen-bond donors (Lipinski definition) is 2. The Bertz CT molecular complexity index is 833. The monoisotopic (exact) mass is 358 g/mol. The van der Waals surface area contributed by atoms with Crippen LogP contribution in [-0.4, -0.2) is 28.0 Å². The predicted molar refractivity (Wildman–Crippen MR) is 96.2 cm³/mol. The van der Waals surface area contributed by atoms with Crippen LogP contribution in [0.25, 0.3) is 0 Å². The lowest BCUT2D eigenvalue weighted by molar-refractivity contribution is -0.143. The fourth-order valence-corrected chi connectivity index (χ4v) is 2.49. The first-order valence-corrected chi connectivity index (χ1v) is 8.23. The van der Waals surface area contributed by atoms with Crippen molar-refractivity contribution in [2.75, 3.05) is 12.3 Å². The minimum absolute atomic E-state index is 0.0317. The van der Waals surface area contributed by atoms with Crippen LogP contribution >= 0.6 is 0 Å². The van der Waals surface area contributed by atoms with Crippen LogP contribution in [0.3, 0.4) is 0 Å². The fourth-order valence-electron chi connectivity index (χ4n) is 2.49. The number of nitrogens with one attached hydrogen (secondary N) is 1. The van der Waals surface area contributed by atoms with Crippen molar-refractivity contribution >= 4 is 17.6 Å². The summed E-state index contributed by atoms with van der Waals surface area (Å²) in [7, 11) is 0. The van der Waals surface area contributed by atoms with Gasteiger partial charge in [0, 0.05) is 18.1 Å². The predicted octanol–water partition coefficient (Wildman–Crippen LogP) is 0.945. The van der Waals surface area contributed by atoms with Gasteiger partial charge in [0.05, 0.1) is 24.8 Å². The third kappa shape index (κ3) is 4.92. The van der Waals surface area contributed by atoms with Crippen LogP contribution in [0.2, 0.25) is 0 Å². The third-order valence-corrected chi connectivity index (χ3v) is 3.82. The van der Waals surface area contributed by atoms with Crippen LogP contribution in [0.5, 0.6) is 0 Å². The lowest BCUT2D eigenvalue weighted by Crippen LogP contribution is -2.37. The molecule has 26 heavy (non-hydrogen) atoms. The summed E-state index contributed by atoms with van der Waals surface area (Å²) < 4.78 is 6.25. The first-order chi connectivity index (χ1) is 12.4. The molecule has 0 saturated heterocycles. The normalized spacial score (nSPS) is 11.6. The number of aryl methyl sites for hydroxylation is 1. The molecule has 2 heterocycles. The van der Waals surface area contributed by atoms with Gasteiger partial charge in [-0.3, -0.25) is 19.4 Å². The second-order valence-electron chi connectivity index (χ2n) is 5.74. The zero-order valence-corrected chi connectivity index (χ0v) is 14.8. The van der Waals surface area contributed by atoms with E-state index in [1.54, 1.807) is 44.4 Å². The summed E-state index contributed by atoms with van der Waals surface area (Å²) in [6.07, 6.45) is 3.14. The zero-order valence-electron chi connectivity index (χ0n) is 14.8. The average molecular weight is 358 g/mol. The van der Waals surface area contributed by atoms with Crippen molar-refractivity contribution in [3.63, 3.8) is 0 Å². The van der Waals surface area contributed by atoms with E-state index >= 15 is 0 Å². The van der Waals surface area contributed by atoms with Gasteiger partial charge >= 0.3 is 5.97 Å². The first kappa shape index (κ1) is 19.2. The number of ether oxygens (including phenoxy) is 1. The van der Waals surface area contributed by atoms with Crippen LogP contribution < -0.4 is 16.6 Å². The highest BCUT2D eigenvalue weighted by molar-refractivity contribution is 5.78. The smallest absolute Gasteiger partial charge is 0.308 e. The number of anilines is 1. The molecule has 138 valence electrons. The number of nitrogens with zero attached hydrogens (tertiary/aromatic N) is 2. The largest absolute Gasteiger partial charge is 0.466 e. The number of nitrogens with two attached hydrogens (primary N) is 1. The van der Waals surface area contributed by atoms with Gasteiger partial charge in [-0.1, -0.05) is 6.07 Å². The highest BCUT2D eigenvalue weighted by atomic mass is 16.5. The number of hydrogen-bond acceptors (Lipinski definition) is 6. The number of amides is 1. The quantitative estimate of drug-likeness (QED) is 0.712. The molecular formula is C18H22N4O4. The van der Waals surface area contributed by atoms with Gasteiger partial charge in [-0.2, -0.15) is 0 Å². The van der Waals surface area contributed by atoms with E-state index in [-0.39, 0.29) is 25.3 Å². The van der Waals surface area contributed by atoms with Crippen LogP contribution in [-0.2, 0) is 20.9 Å². The summed E-state index contributed by atoms with van der Waals surface area (Å²) >= 11 is 0. The lowest BCUT2D eigenvalue weighted by atomic mass is 10.1. The highest BCUT2D eigenvalue weighted by Gasteiger charge is 2.20. The van der Waals surface area contributed by atoms with Gasteiger partial charge in [0.25, 0.3) is 5.56 Å². The molecule has 0 fully saturated rings. The molecule has 0 bridgehead atoms. The molecule has 0 aliphatic heterocycles. The van der Waals surface area contributed by atoms with Gasteiger partial charge in [0.1, 0.15) is 6.54 Å². The van der Waals surface area contributed by atoms with Gasteiger partial charge < -0.3 is 20.4 Å². The third-order valence-electron chi connectivity index (χ3n) is 3.82. The maximum atomic E-state index is 12.5. The van der Waals surface area contributed by atoms with Gasteiger partial charge in [0.2, 0.25) is 5.91 Å². The zero-order chi connectivity index (χ0) is 19.1. The Morgan fingerprint density at radius 2 is 2.12 bits per heavy atom. The number of pyridine rings is 2. The average Bonchev–Trinajstić information content (AvgIpc) is 2.62. The standard InChI is InChI=1S/C18H22N4O4/c1-3-26-17(24)9-15(13-5-4-8-20-10-13)21-16(23)11-22-12(2)6-7-14(19)18(22)25/h4-8,10,15H,3,9,11,19H2,1-2H3,(H,21,23). The van der Waals surface area contributed by atoms with Crippen molar-refractivity contribution in [3.05, 3.63) is 58.3 Å².